The van der Waals surface area contributed by atoms with Crippen molar-refractivity contribution in [3.8, 4) is 0 Å². The lowest BCUT2D eigenvalue weighted by molar-refractivity contribution is -0.383. The molecule has 3 rings (SSSR count). The molecule has 1 aromatic heterocycles. The van der Waals surface area contributed by atoms with Crippen molar-refractivity contribution < 1.29 is 14.1 Å². The predicted molar refractivity (Wildman–Crippen MR) is 96.7 cm³/mol. The number of carbonyl (C=O) groups excluding carboxylic acids is 1. The van der Waals surface area contributed by atoms with Crippen molar-refractivity contribution >= 4 is 17.3 Å². The summed E-state index contributed by atoms with van der Waals surface area (Å²) in [6.07, 6.45) is 1.57. The molecule has 0 unspecified atom stereocenters. The molecular weight excluding hydrogens is 334 g/mol. The van der Waals surface area contributed by atoms with Crippen molar-refractivity contribution in [2.24, 2.45) is 0 Å². The maximum Gasteiger partial charge on any atom is 0.292 e. The number of hydrogen-bond acceptors (Lipinski definition) is 5. The van der Waals surface area contributed by atoms with E-state index in [1.165, 1.54) is 12.1 Å². The van der Waals surface area contributed by atoms with Crippen LogP contribution in [0.2, 0.25) is 0 Å². The maximum absolute atomic E-state index is 12.3. The number of anilines is 1. The second-order valence-electron chi connectivity index (χ2n) is 5.56. The van der Waals surface area contributed by atoms with Crippen molar-refractivity contribution in [1.29, 1.82) is 0 Å². The van der Waals surface area contributed by atoms with Gasteiger partial charge in [0.1, 0.15) is 11.4 Å². The molecule has 2 N–H and O–H groups in total. The van der Waals surface area contributed by atoms with Crippen LogP contribution in [0.4, 0.5) is 11.4 Å². The van der Waals surface area contributed by atoms with Gasteiger partial charge in [-0.2, -0.15) is 0 Å². The Hall–Kier alpha value is -3.45. The highest BCUT2D eigenvalue weighted by Crippen LogP contribution is 2.24. The smallest absolute Gasteiger partial charge is 0.292 e. The van der Waals surface area contributed by atoms with Crippen LogP contribution in [-0.4, -0.2) is 17.4 Å². The summed E-state index contributed by atoms with van der Waals surface area (Å²) >= 11 is 0. The molecule has 3 aromatic rings. The molecule has 0 saturated carbocycles. The first-order valence-electron chi connectivity index (χ1n) is 8.00. The van der Waals surface area contributed by atoms with Crippen LogP contribution in [0, 0.1) is 10.1 Å². The van der Waals surface area contributed by atoms with E-state index in [0.29, 0.717) is 5.76 Å². The van der Waals surface area contributed by atoms with Gasteiger partial charge in [0.25, 0.3) is 5.69 Å². The Morgan fingerprint density at radius 3 is 2.46 bits per heavy atom. The van der Waals surface area contributed by atoms with Gasteiger partial charge in [0.15, 0.2) is 0 Å². The fraction of sp³-hybridized carbons (Fsp3) is 0.105. The molecule has 0 aliphatic carbocycles. The fourth-order valence-electron chi connectivity index (χ4n) is 2.61. The van der Waals surface area contributed by atoms with E-state index < -0.39 is 4.92 Å². The van der Waals surface area contributed by atoms with Gasteiger partial charge in [-0.15, -0.1) is 0 Å². The second kappa shape index (κ2) is 8.09. The molecule has 7 heteroatoms. The highest BCUT2D eigenvalue weighted by Gasteiger charge is 2.19. The van der Waals surface area contributed by atoms with Gasteiger partial charge < -0.3 is 9.73 Å². The van der Waals surface area contributed by atoms with Crippen LogP contribution in [-0.2, 0) is 4.79 Å². The number of nitro groups is 1. The van der Waals surface area contributed by atoms with E-state index in [0.717, 1.165) is 5.56 Å². The summed E-state index contributed by atoms with van der Waals surface area (Å²) in [6, 6.07) is 18.9. The Bertz CT molecular complexity index is 879. The van der Waals surface area contributed by atoms with E-state index in [9.17, 15) is 14.9 Å². The van der Waals surface area contributed by atoms with E-state index >= 15 is 0 Å². The minimum Gasteiger partial charge on any atom is -0.467 e. The lowest BCUT2D eigenvalue weighted by atomic mass is 10.0. The fourth-order valence-corrected chi connectivity index (χ4v) is 2.61. The Morgan fingerprint density at radius 2 is 1.77 bits per heavy atom. The zero-order valence-electron chi connectivity index (χ0n) is 13.8. The maximum atomic E-state index is 12.3. The molecule has 7 nitrogen and oxygen atoms in total. The minimum absolute atomic E-state index is 0.0354. The normalized spacial score (nSPS) is 11.7. The summed E-state index contributed by atoms with van der Waals surface area (Å²) < 4.78 is 5.47. The SMILES string of the molecule is O=C(CN[C@@H](c1ccccc1)c1ccco1)Nc1ccccc1[N+](=O)[O-]. The van der Waals surface area contributed by atoms with Gasteiger partial charge in [0, 0.05) is 6.07 Å². The Balaban J connectivity index is 1.70. The predicted octanol–water partition coefficient (Wildman–Crippen LogP) is 3.51. The van der Waals surface area contributed by atoms with Gasteiger partial charge in [-0.1, -0.05) is 42.5 Å². The molecule has 0 aliphatic heterocycles. The first-order chi connectivity index (χ1) is 12.6. The molecule has 0 spiro atoms. The highest BCUT2D eigenvalue weighted by molar-refractivity contribution is 5.94. The summed E-state index contributed by atoms with van der Waals surface area (Å²) in [4.78, 5) is 22.8. The number of nitrogens with one attached hydrogen (secondary N) is 2. The number of furan rings is 1. The van der Waals surface area contributed by atoms with E-state index in [2.05, 4.69) is 10.6 Å². The second-order valence-corrected chi connectivity index (χ2v) is 5.56. The third kappa shape index (κ3) is 4.14. The third-order valence-electron chi connectivity index (χ3n) is 3.80. The van der Waals surface area contributed by atoms with Crippen LogP contribution in [0.25, 0.3) is 0 Å². The van der Waals surface area contributed by atoms with Crippen molar-refractivity contribution in [1.82, 2.24) is 5.32 Å². The first kappa shape index (κ1) is 17.4. The summed E-state index contributed by atoms with van der Waals surface area (Å²) in [5.74, 6) is 0.293. The summed E-state index contributed by atoms with van der Waals surface area (Å²) in [5, 5.41) is 16.7. The molecular formula is C19H17N3O4. The number of amides is 1. The standard InChI is InChI=1S/C19H17N3O4/c23-18(21-15-9-4-5-10-16(15)22(24)25)13-20-19(17-11-6-12-26-17)14-7-2-1-3-8-14/h1-12,19-20H,13H2,(H,21,23)/t19-/m0/s1. The van der Waals surface area contributed by atoms with Crippen molar-refractivity contribution in [2.45, 2.75) is 6.04 Å². The number of nitro benzene ring substituents is 1. The average molecular weight is 351 g/mol. The lowest BCUT2D eigenvalue weighted by Gasteiger charge is -2.17. The molecule has 0 saturated heterocycles. The monoisotopic (exact) mass is 351 g/mol. The molecule has 2 aromatic carbocycles. The summed E-state index contributed by atoms with van der Waals surface area (Å²) in [7, 11) is 0. The summed E-state index contributed by atoms with van der Waals surface area (Å²) in [6.45, 7) is -0.0354. The number of nitrogens with zero attached hydrogens (tertiary/aromatic N) is 1. The number of hydrogen-bond donors (Lipinski definition) is 2. The number of rotatable bonds is 7. The van der Waals surface area contributed by atoms with E-state index in [1.807, 2.05) is 36.4 Å². The van der Waals surface area contributed by atoms with Gasteiger partial charge in [0.05, 0.1) is 23.8 Å². The Labute approximate surface area is 149 Å². The molecule has 0 aliphatic rings. The van der Waals surface area contributed by atoms with Gasteiger partial charge in [-0.25, -0.2) is 0 Å². The summed E-state index contributed by atoms with van der Waals surface area (Å²) in [5.41, 5.74) is 0.964. The van der Waals surface area contributed by atoms with Crippen molar-refractivity contribution in [3.05, 3.63) is 94.4 Å². The zero-order valence-corrected chi connectivity index (χ0v) is 13.8. The highest BCUT2D eigenvalue weighted by atomic mass is 16.6. The Morgan fingerprint density at radius 1 is 1.04 bits per heavy atom. The van der Waals surface area contributed by atoms with E-state index in [4.69, 9.17) is 4.42 Å². The topological polar surface area (TPSA) is 97.4 Å². The first-order valence-corrected chi connectivity index (χ1v) is 8.00. The number of carbonyl (C=O) groups is 1. The van der Waals surface area contributed by atoms with E-state index in [-0.39, 0.29) is 29.9 Å². The van der Waals surface area contributed by atoms with Crippen molar-refractivity contribution in [2.75, 3.05) is 11.9 Å². The minimum atomic E-state index is -0.529. The molecule has 0 fully saturated rings. The molecule has 132 valence electrons. The lowest BCUT2D eigenvalue weighted by Crippen LogP contribution is -2.31. The van der Waals surface area contributed by atoms with Gasteiger partial charge >= 0.3 is 0 Å². The van der Waals surface area contributed by atoms with Gasteiger partial charge in [0.2, 0.25) is 5.91 Å². The van der Waals surface area contributed by atoms with Crippen LogP contribution in [0.15, 0.2) is 77.4 Å². The number of para-hydroxylation sites is 2. The van der Waals surface area contributed by atoms with Crippen LogP contribution in [0.3, 0.4) is 0 Å². The van der Waals surface area contributed by atoms with Gasteiger partial charge in [-0.05, 0) is 23.8 Å². The van der Waals surface area contributed by atoms with Crippen LogP contribution < -0.4 is 10.6 Å². The molecule has 26 heavy (non-hydrogen) atoms. The zero-order chi connectivity index (χ0) is 18.4. The number of benzene rings is 2. The molecule has 0 bridgehead atoms. The molecule has 1 amide bonds. The average Bonchev–Trinajstić information content (AvgIpc) is 3.17. The molecule has 0 radical (unpaired) electrons. The Kier molecular flexibility index (Phi) is 5.40. The van der Waals surface area contributed by atoms with Crippen molar-refractivity contribution in [3.63, 3.8) is 0 Å². The third-order valence-corrected chi connectivity index (χ3v) is 3.80. The van der Waals surface area contributed by atoms with Gasteiger partial charge in [-0.3, -0.25) is 20.2 Å². The largest absolute Gasteiger partial charge is 0.467 e. The molecule has 1 atom stereocenters. The molecule has 1 heterocycles. The van der Waals surface area contributed by atoms with E-state index in [1.54, 1.807) is 24.5 Å². The quantitative estimate of drug-likeness (QED) is 0.501. The van der Waals surface area contributed by atoms with Crippen LogP contribution >= 0.6 is 0 Å². The van der Waals surface area contributed by atoms with Crippen LogP contribution in [0.1, 0.15) is 17.4 Å². The van der Waals surface area contributed by atoms with Crippen LogP contribution in [0.5, 0.6) is 0 Å².